The van der Waals surface area contributed by atoms with Gasteiger partial charge < -0.3 is 20.2 Å². The topological polar surface area (TPSA) is 105 Å². The van der Waals surface area contributed by atoms with Crippen LogP contribution in [0.3, 0.4) is 0 Å². The zero-order valence-corrected chi connectivity index (χ0v) is 15.1. The predicted molar refractivity (Wildman–Crippen MR) is 92.2 cm³/mol. The summed E-state index contributed by atoms with van der Waals surface area (Å²) in [7, 11) is 1.89. The van der Waals surface area contributed by atoms with Crippen LogP contribution in [0.5, 0.6) is 0 Å². The van der Waals surface area contributed by atoms with Crippen molar-refractivity contribution < 1.29 is 24.9 Å². The Morgan fingerprint density at radius 2 is 1.33 bits per heavy atom. The summed E-state index contributed by atoms with van der Waals surface area (Å²) in [5, 5.41) is 27.6. The average Bonchev–Trinajstić information content (AvgIpc) is 2.48. The van der Waals surface area contributed by atoms with Crippen LogP contribution >= 0.6 is 0 Å². The van der Waals surface area contributed by atoms with Gasteiger partial charge in [-0.1, -0.05) is 13.8 Å². The molecule has 0 bridgehead atoms. The van der Waals surface area contributed by atoms with Gasteiger partial charge in [-0.15, -0.1) is 0 Å². The summed E-state index contributed by atoms with van der Waals surface area (Å²) in [5.74, 6) is -1.77. The minimum atomic E-state index is -0.897. The van der Waals surface area contributed by atoms with Crippen LogP contribution in [0.25, 0.3) is 0 Å². The van der Waals surface area contributed by atoms with E-state index in [1.54, 1.807) is 0 Å². The van der Waals surface area contributed by atoms with Gasteiger partial charge in [0.05, 0.1) is 19.2 Å². The molecule has 0 aliphatic heterocycles. The average molecular weight is 347 g/mol. The highest BCUT2D eigenvalue weighted by atomic mass is 16.4. The van der Waals surface area contributed by atoms with E-state index in [0.29, 0.717) is 45.7 Å². The molecule has 0 saturated carbocycles. The van der Waals surface area contributed by atoms with E-state index >= 15 is 0 Å². The van der Waals surface area contributed by atoms with Crippen molar-refractivity contribution in [2.45, 2.75) is 32.8 Å². The molecule has 24 heavy (non-hydrogen) atoms. The quantitative estimate of drug-likeness (QED) is 0.376. The van der Waals surface area contributed by atoms with Crippen molar-refractivity contribution in [2.24, 2.45) is 0 Å². The van der Waals surface area contributed by atoms with Crippen LogP contribution in [-0.2, 0) is 9.59 Å². The van der Waals surface area contributed by atoms with E-state index in [4.69, 9.17) is 10.2 Å². The summed E-state index contributed by atoms with van der Waals surface area (Å²) >= 11 is 0. The fourth-order valence-corrected chi connectivity index (χ4v) is 2.41. The van der Waals surface area contributed by atoms with Gasteiger partial charge in [0.1, 0.15) is 0 Å². The number of aliphatic hydroxyl groups is 1. The van der Waals surface area contributed by atoms with Crippen molar-refractivity contribution in [2.75, 3.05) is 59.4 Å². The number of aliphatic hydroxyl groups excluding tert-OH is 1. The Labute approximate surface area is 144 Å². The first-order chi connectivity index (χ1) is 11.3. The van der Waals surface area contributed by atoms with Crippen LogP contribution in [0.1, 0.15) is 26.7 Å². The van der Waals surface area contributed by atoms with E-state index < -0.39 is 11.9 Å². The molecule has 142 valence electrons. The van der Waals surface area contributed by atoms with Gasteiger partial charge in [0.2, 0.25) is 0 Å². The summed E-state index contributed by atoms with van der Waals surface area (Å²) in [6.45, 7) is 7.27. The lowest BCUT2D eigenvalue weighted by atomic mass is 10.2. The molecule has 0 aromatic heterocycles. The summed E-state index contributed by atoms with van der Waals surface area (Å²) in [6.07, 6.45) is 1.16. The molecule has 0 rings (SSSR count). The molecule has 1 atom stereocenters. The molecule has 0 fully saturated rings. The fourth-order valence-electron chi connectivity index (χ4n) is 2.41. The summed E-state index contributed by atoms with van der Waals surface area (Å²) < 4.78 is 0. The zero-order valence-electron chi connectivity index (χ0n) is 15.1. The lowest BCUT2D eigenvalue weighted by Gasteiger charge is -2.27. The van der Waals surface area contributed by atoms with Crippen LogP contribution in [0, 0.1) is 0 Å². The molecule has 0 heterocycles. The number of hydrogen-bond acceptors (Lipinski definition) is 6. The van der Waals surface area contributed by atoms with Gasteiger partial charge >= 0.3 is 11.9 Å². The minimum absolute atomic E-state index is 0.0304. The first-order valence-corrected chi connectivity index (χ1v) is 8.53. The highest BCUT2D eigenvalue weighted by molar-refractivity contribution is 5.69. The van der Waals surface area contributed by atoms with E-state index in [-0.39, 0.29) is 19.2 Å². The smallest absolute Gasteiger partial charge is 0.317 e. The van der Waals surface area contributed by atoms with Gasteiger partial charge in [-0.25, -0.2) is 0 Å². The Balaban J connectivity index is 4.42. The number of carbonyl (C=O) groups is 2. The van der Waals surface area contributed by atoms with Crippen molar-refractivity contribution in [1.82, 2.24) is 14.7 Å². The fraction of sp³-hybridized carbons (Fsp3) is 0.875. The number of carboxylic acids is 2. The molecule has 0 radical (unpaired) electrons. The normalized spacial score (nSPS) is 13.0. The molecule has 0 amide bonds. The Hall–Kier alpha value is -1.22. The Bertz CT molecular complexity index is 368. The van der Waals surface area contributed by atoms with E-state index in [2.05, 4.69) is 0 Å². The molecule has 8 heteroatoms. The second kappa shape index (κ2) is 13.1. The third-order valence-electron chi connectivity index (χ3n) is 3.78. The lowest BCUT2D eigenvalue weighted by molar-refractivity contribution is -0.140. The molecule has 0 aliphatic rings. The maximum absolute atomic E-state index is 11.0. The van der Waals surface area contributed by atoms with E-state index in [1.165, 1.54) is 0 Å². The van der Waals surface area contributed by atoms with E-state index in [0.717, 1.165) is 6.42 Å². The molecule has 0 aromatic rings. The second-order valence-electron chi connectivity index (χ2n) is 6.16. The van der Waals surface area contributed by atoms with Crippen molar-refractivity contribution in [3.8, 4) is 0 Å². The molecule has 0 saturated heterocycles. The van der Waals surface area contributed by atoms with Crippen molar-refractivity contribution >= 4 is 11.9 Å². The van der Waals surface area contributed by atoms with Gasteiger partial charge in [-0.3, -0.25) is 19.4 Å². The summed E-state index contributed by atoms with van der Waals surface area (Å²) in [4.78, 5) is 27.5. The van der Waals surface area contributed by atoms with Crippen LogP contribution in [0.2, 0.25) is 0 Å². The highest BCUT2D eigenvalue weighted by Crippen LogP contribution is 1.98. The first-order valence-electron chi connectivity index (χ1n) is 8.53. The van der Waals surface area contributed by atoms with Crippen LogP contribution < -0.4 is 0 Å². The molecular weight excluding hydrogens is 314 g/mol. The molecule has 0 aromatic carbocycles. The highest BCUT2D eigenvalue weighted by Gasteiger charge is 2.15. The maximum Gasteiger partial charge on any atom is 0.317 e. The SMILES string of the molecule is CCCN(CCN(CCN(C)CC(O)CC)CC(=O)O)CC(=O)O. The van der Waals surface area contributed by atoms with Crippen LogP contribution in [0.15, 0.2) is 0 Å². The van der Waals surface area contributed by atoms with Gasteiger partial charge in [0.25, 0.3) is 0 Å². The van der Waals surface area contributed by atoms with Crippen molar-refractivity contribution in [1.29, 1.82) is 0 Å². The van der Waals surface area contributed by atoms with Gasteiger partial charge in [0, 0.05) is 32.7 Å². The van der Waals surface area contributed by atoms with Gasteiger partial charge in [-0.05, 0) is 26.4 Å². The summed E-state index contributed by atoms with van der Waals surface area (Å²) in [6, 6.07) is 0. The number of aliphatic carboxylic acids is 2. The Morgan fingerprint density at radius 3 is 1.75 bits per heavy atom. The number of nitrogens with zero attached hydrogens (tertiary/aromatic N) is 3. The largest absolute Gasteiger partial charge is 0.480 e. The monoisotopic (exact) mass is 347 g/mol. The zero-order chi connectivity index (χ0) is 18.5. The van der Waals surface area contributed by atoms with Crippen molar-refractivity contribution in [3.63, 3.8) is 0 Å². The summed E-state index contributed by atoms with van der Waals surface area (Å²) in [5.41, 5.74) is 0. The standard InChI is InChI=1S/C16H33N3O5/c1-4-6-18(12-15(21)22)9-10-19(13-16(23)24)8-7-17(3)11-14(20)5-2/h14,20H,4-13H2,1-3H3,(H,21,22)(H,23,24). The van der Waals surface area contributed by atoms with E-state index in [1.807, 2.05) is 35.6 Å². The van der Waals surface area contributed by atoms with Crippen LogP contribution in [-0.4, -0.2) is 107 Å². The number of carboxylic acid groups (broad SMARTS) is 2. The second-order valence-corrected chi connectivity index (χ2v) is 6.16. The predicted octanol–water partition coefficient (Wildman–Crippen LogP) is -0.128. The molecule has 0 aliphatic carbocycles. The number of rotatable bonds is 15. The van der Waals surface area contributed by atoms with Crippen molar-refractivity contribution in [3.05, 3.63) is 0 Å². The number of likely N-dealkylation sites (N-methyl/N-ethyl adjacent to an activating group) is 1. The maximum atomic E-state index is 11.0. The lowest BCUT2D eigenvalue weighted by Crippen LogP contribution is -2.43. The number of hydrogen-bond donors (Lipinski definition) is 3. The minimum Gasteiger partial charge on any atom is -0.480 e. The molecule has 0 spiro atoms. The first kappa shape index (κ1) is 22.8. The molecular formula is C16H33N3O5. The Kier molecular flexibility index (Phi) is 12.4. The Morgan fingerprint density at radius 1 is 0.875 bits per heavy atom. The van der Waals surface area contributed by atoms with E-state index in [9.17, 15) is 14.7 Å². The molecule has 1 unspecified atom stereocenters. The van der Waals surface area contributed by atoms with Crippen LogP contribution in [0.4, 0.5) is 0 Å². The third-order valence-corrected chi connectivity index (χ3v) is 3.78. The molecule has 8 nitrogen and oxygen atoms in total. The third kappa shape index (κ3) is 12.2. The molecule has 3 N–H and O–H groups in total. The van der Waals surface area contributed by atoms with Gasteiger partial charge in [0.15, 0.2) is 0 Å². The van der Waals surface area contributed by atoms with Gasteiger partial charge in [-0.2, -0.15) is 0 Å².